The molecule has 3 aromatic rings. The first-order chi connectivity index (χ1) is 17.7. The van der Waals surface area contributed by atoms with Gasteiger partial charge in [0.05, 0.1) is 25.1 Å². The maximum absolute atomic E-state index is 13.7. The molecular weight excluding hydrogens is 500 g/mol. The largest absolute Gasteiger partial charge is 0.496 e. The number of aromatic carboxylic acids is 1. The van der Waals surface area contributed by atoms with Crippen LogP contribution >= 0.6 is 11.6 Å². The highest BCUT2D eigenvalue weighted by Crippen LogP contribution is 2.30. The molecule has 1 aliphatic heterocycles. The lowest BCUT2D eigenvalue weighted by Crippen LogP contribution is -2.41. The molecule has 1 aromatic heterocycles. The summed E-state index contributed by atoms with van der Waals surface area (Å²) in [5.41, 5.74) is 1.05. The van der Waals surface area contributed by atoms with E-state index in [1.54, 1.807) is 36.4 Å². The topological polar surface area (TPSA) is 135 Å². The molecule has 4 rings (SSSR count). The van der Waals surface area contributed by atoms with Crippen molar-refractivity contribution in [3.8, 4) is 5.75 Å². The second-order valence-electron chi connectivity index (χ2n) is 8.97. The van der Waals surface area contributed by atoms with Crippen molar-refractivity contribution in [3.05, 3.63) is 80.5 Å². The summed E-state index contributed by atoms with van der Waals surface area (Å²) >= 11 is 6.18. The second kappa shape index (κ2) is 11.0. The van der Waals surface area contributed by atoms with Crippen molar-refractivity contribution in [2.75, 3.05) is 7.11 Å². The smallest absolute Gasteiger partial charge is 0.343 e. The molecular formula is C26H27ClN4O6. The number of amides is 2. The van der Waals surface area contributed by atoms with Crippen molar-refractivity contribution in [1.29, 1.82) is 0 Å². The molecule has 2 amide bonds. The number of carboxylic acid groups (broad SMARTS) is 1. The summed E-state index contributed by atoms with van der Waals surface area (Å²) in [6.07, 6.45) is 0.752. The average molecular weight is 527 g/mol. The SMILES string of the molecule is CC[C@@H](CC(=O)N1Cc2n[nH]c(=O)n2CC(Cc2cc(Cl)ccc2OC)C1=O)c1cccc(C(=O)O)c1. The molecule has 2 atom stereocenters. The van der Waals surface area contributed by atoms with E-state index in [2.05, 4.69) is 10.2 Å². The lowest BCUT2D eigenvalue weighted by molar-refractivity contribution is -0.148. The second-order valence-corrected chi connectivity index (χ2v) is 9.41. The molecule has 0 bridgehead atoms. The minimum atomic E-state index is -1.05. The molecule has 2 N–H and O–H groups in total. The number of nitrogens with zero attached hydrogens (tertiary/aromatic N) is 3. The summed E-state index contributed by atoms with van der Waals surface area (Å²) in [7, 11) is 1.51. The van der Waals surface area contributed by atoms with E-state index < -0.39 is 29.4 Å². The van der Waals surface area contributed by atoms with Crippen LogP contribution in [0, 0.1) is 5.92 Å². The lowest BCUT2D eigenvalue weighted by atomic mass is 9.91. The Bertz CT molecular complexity index is 1400. The van der Waals surface area contributed by atoms with Crippen LogP contribution in [0.5, 0.6) is 5.75 Å². The van der Waals surface area contributed by atoms with E-state index in [0.717, 1.165) is 4.90 Å². The number of hydrogen-bond donors (Lipinski definition) is 2. The zero-order valence-electron chi connectivity index (χ0n) is 20.4. The highest BCUT2D eigenvalue weighted by Gasteiger charge is 2.36. The Morgan fingerprint density at radius 3 is 2.73 bits per heavy atom. The molecule has 0 spiro atoms. The summed E-state index contributed by atoms with van der Waals surface area (Å²) in [6, 6.07) is 11.5. The van der Waals surface area contributed by atoms with E-state index in [-0.39, 0.29) is 43.2 Å². The third kappa shape index (κ3) is 5.59. The van der Waals surface area contributed by atoms with Crippen molar-refractivity contribution in [3.63, 3.8) is 0 Å². The van der Waals surface area contributed by atoms with E-state index in [0.29, 0.717) is 28.3 Å². The van der Waals surface area contributed by atoms with Gasteiger partial charge in [0.2, 0.25) is 11.8 Å². The van der Waals surface area contributed by atoms with Crippen LogP contribution in [-0.4, -0.2) is 49.7 Å². The van der Waals surface area contributed by atoms with Crippen LogP contribution in [0.25, 0.3) is 0 Å². The normalized spacial score (nSPS) is 16.1. The standard InChI is InChI=1S/C26H27ClN4O6/c1-3-15(16-5-4-6-17(9-16)25(34)35)12-23(32)31-14-22-28-29-26(36)30(22)13-19(24(31)33)10-18-11-20(27)7-8-21(18)37-2/h4-9,11,15,19H,3,10,12-14H2,1-2H3,(H,29,36)(H,34,35)/t15-,19?/m0/s1. The molecule has 11 heteroatoms. The van der Waals surface area contributed by atoms with Crippen LogP contribution < -0.4 is 10.4 Å². The first-order valence-electron chi connectivity index (χ1n) is 11.9. The van der Waals surface area contributed by atoms with E-state index in [4.69, 9.17) is 16.3 Å². The molecule has 0 saturated carbocycles. The number of hydrogen-bond acceptors (Lipinski definition) is 6. The van der Waals surface area contributed by atoms with E-state index in [9.17, 15) is 24.3 Å². The molecule has 0 fully saturated rings. The summed E-state index contributed by atoms with van der Waals surface area (Å²) in [6.45, 7) is 1.79. The Labute approximate surface area is 217 Å². The minimum Gasteiger partial charge on any atom is -0.496 e. The Morgan fingerprint density at radius 2 is 2.03 bits per heavy atom. The van der Waals surface area contributed by atoms with Crippen LogP contribution in [-0.2, 0) is 29.1 Å². The first-order valence-corrected chi connectivity index (χ1v) is 12.2. The van der Waals surface area contributed by atoms with Crippen molar-refractivity contribution in [2.24, 2.45) is 5.92 Å². The van der Waals surface area contributed by atoms with Crippen molar-refractivity contribution in [1.82, 2.24) is 19.7 Å². The van der Waals surface area contributed by atoms with Gasteiger partial charge in [-0.05, 0) is 60.2 Å². The molecule has 194 valence electrons. The molecule has 10 nitrogen and oxygen atoms in total. The van der Waals surface area contributed by atoms with Gasteiger partial charge in [0.1, 0.15) is 5.75 Å². The van der Waals surface area contributed by atoms with Crippen molar-refractivity contribution in [2.45, 2.75) is 45.2 Å². The minimum absolute atomic E-state index is 0.00677. The highest BCUT2D eigenvalue weighted by molar-refractivity contribution is 6.30. The van der Waals surface area contributed by atoms with E-state index in [1.165, 1.54) is 17.7 Å². The number of halogens is 1. The lowest BCUT2D eigenvalue weighted by Gasteiger charge is -2.25. The Hall–Kier alpha value is -3.92. The highest BCUT2D eigenvalue weighted by atomic mass is 35.5. The van der Waals surface area contributed by atoms with Gasteiger partial charge in [0.15, 0.2) is 5.82 Å². The molecule has 2 heterocycles. The third-order valence-corrected chi connectivity index (χ3v) is 6.92. The van der Waals surface area contributed by atoms with E-state index in [1.807, 2.05) is 6.92 Å². The van der Waals surface area contributed by atoms with Crippen LogP contribution in [0.2, 0.25) is 5.02 Å². The van der Waals surface area contributed by atoms with Gasteiger partial charge in [-0.2, -0.15) is 5.10 Å². The molecule has 0 aliphatic carbocycles. The number of benzene rings is 2. The van der Waals surface area contributed by atoms with Crippen molar-refractivity contribution >= 4 is 29.4 Å². The van der Waals surface area contributed by atoms with Gasteiger partial charge >= 0.3 is 11.7 Å². The average Bonchev–Trinajstić information content (AvgIpc) is 3.16. The van der Waals surface area contributed by atoms with E-state index >= 15 is 0 Å². The number of aromatic amines is 1. The fourth-order valence-electron chi connectivity index (χ4n) is 4.68. The van der Waals surface area contributed by atoms with Crippen LogP contribution in [0.15, 0.2) is 47.3 Å². The summed E-state index contributed by atoms with van der Waals surface area (Å²) in [5.74, 6) is -2.12. The van der Waals surface area contributed by atoms with Crippen LogP contribution in [0.3, 0.4) is 0 Å². The number of carboxylic acids is 1. The van der Waals surface area contributed by atoms with Crippen LogP contribution in [0.1, 0.15) is 53.0 Å². The quantitative estimate of drug-likeness (QED) is 0.460. The zero-order valence-corrected chi connectivity index (χ0v) is 21.2. The molecule has 1 aliphatic rings. The monoisotopic (exact) mass is 526 g/mol. The van der Waals surface area contributed by atoms with Crippen molar-refractivity contribution < 1.29 is 24.2 Å². The number of imide groups is 1. The number of rotatable bonds is 8. The van der Waals surface area contributed by atoms with Gasteiger partial charge < -0.3 is 9.84 Å². The number of nitrogens with one attached hydrogen (secondary N) is 1. The fraction of sp³-hybridized carbons (Fsp3) is 0.346. The number of ether oxygens (including phenoxy) is 1. The maximum atomic E-state index is 13.7. The molecule has 2 aromatic carbocycles. The summed E-state index contributed by atoms with van der Waals surface area (Å²) in [5, 5.41) is 16.2. The van der Waals surface area contributed by atoms with Crippen LogP contribution in [0.4, 0.5) is 0 Å². The maximum Gasteiger partial charge on any atom is 0.343 e. The Kier molecular flexibility index (Phi) is 7.77. The first kappa shape index (κ1) is 26.2. The predicted molar refractivity (Wildman–Crippen MR) is 135 cm³/mol. The van der Waals surface area contributed by atoms with Gasteiger partial charge in [0.25, 0.3) is 0 Å². The Balaban J connectivity index is 1.64. The summed E-state index contributed by atoms with van der Waals surface area (Å²) < 4.78 is 6.80. The number of methoxy groups -OCH3 is 1. The number of fused-ring (bicyclic) bond motifs is 1. The van der Waals surface area contributed by atoms with Gasteiger partial charge in [-0.25, -0.2) is 14.7 Å². The predicted octanol–water partition coefficient (Wildman–Crippen LogP) is 3.24. The Morgan fingerprint density at radius 1 is 1.24 bits per heavy atom. The van der Waals surface area contributed by atoms with Gasteiger partial charge in [-0.1, -0.05) is 30.7 Å². The van der Waals surface area contributed by atoms with Gasteiger partial charge in [-0.15, -0.1) is 0 Å². The number of carbonyl (C=O) groups excluding carboxylic acids is 2. The number of H-pyrrole nitrogens is 1. The fourth-order valence-corrected chi connectivity index (χ4v) is 4.87. The molecule has 37 heavy (non-hydrogen) atoms. The number of aromatic nitrogens is 3. The molecule has 0 radical (unpaired) electrons. The zero-order chi connectivity index (χ0) is 26.7. The molecule has 0 saturated heterocycles. The molecule has 1 unspecified atom stereocenters. The van der Waals surface area contributed by atoms with Gasteiger partial charge in [0, 0.05) is 18.0 Å². The van der Waals surface area contributed by atoms with Gasteiger partial charge in [-0.3, -0.25) is 19.1 Å². The number of carbonyl (C=O) groups is 3. The summed E-state index contributed by atoms with van der Waals surface area (Å²) in [4.78, 5) is 52.2. The third-order valence-electron chi connectivity index (χ3n) is 6.68.